The number of hydrogen-bond acceptors (Lipinski definition) is 2. The van der Waals surface area contributed by atoms with Crippen LogP contribution in [0.15, 0.2) is 12.1 Å². The Morgan fingerprint density at radius 1 is 1.21 bits per heavy atom. The highest BCUT2D eigenvalue weighted by Gasteiger charge is 2.19. The van der Waals surface area contributed by atoms with Gasteiger partial charge in [-0.15, -0.1) is 0 Å². The highest BCUT2D eigenvalue weighted by Crippen LogP contribution is 2.19. The van der Waals surface area contributed by atoms with Gasteiger partial charge < -0.3 is 10.1 Å². The predicted octanol–water partition coefficient (Wildman–Crippen LogP) is 3.10. The molecule has 0 spiro atoms. The van der Waals surface area contributed by atoms with Crippen LogP contribution in [0.25, 0.3) is 0 Å². The normalized spacial score (nSPS) is 12.6. The number of carbonyl (C=O) groups is 1. The summed E-state index contributed by atoms with van der Waals surface area (Å²) in [5, 5.41) is 2.16. The second kappa shape index (κ2) is 6.56. The van der Waals surface area contributed by atoms with Crippen molar-refractivity contribution in [3.05, 3.63) is 29.6 Å². The van der Waals surface area contributed by atoms with Gasteiger partial charge in [0.05, 0.1) is 5.69 Å². The van der Waals surface area contributed by atoms with Gasteiger partial charge in [-0.3, -0.25) is 4.79 Å². The van der Waals surface area contributed by atoms with E-state index in [0.717, 1.165) is 12.1 Å². The second-order valence-corrected chi connectivity index (χ2v) is 4.58. The number of ether oxygens (including phenoxy) is 1. The Labute approximate surface area is 109 Å². The summed E-state index contributed by atoms with van der Waals surface area (Å²) in [5.41, 5.74) is -0.413. The third kappa shape index (κ3) is 4.24. The van der Waals surface area contributed by atoms with Crippen LogP contribution in [0.2, 0.25) is 0 Å². The van der Waals surface area contributed by atoms with Crippen LogP contribution in [0.4, 0.5) is 18.9 Å². The highest BCUT2D eigenvalue weighted by molar-refractivity contribution is 5.94. The Morgan fingerprint density at radius 3 is 2.42 bits per heavy atom. The summed E-state index contributed by atoms with van der Waals surface area (Å²) in [6.45, 7) is 5.70. The van der Waals surface area contributed by atoms with Crippen LogP contribution in [0.1, 0.15) is 20.8 Å². The fourth-order valence-corrected chi connectivity index (χ4v) is 1.27. The van der Waals surface area contributed by atoms with Crippen molar-refractivity contribution in [3.63, 3.8) is 0 Å². The van der Waals surface area contributed by atoms with E-state index in [2.05, 4.69) is 5.32 Å². The summed E-state index contributed by atoms with van der Waals surface area (Å²) >= 11 is 0. The molecule has 0 aliphatic heterocycles. The fraction of sp³-hybridized carbons (Fsp3) is 0.462. The van der Waals surface area contributed by atoms with Crippen molar-refractivity contribution in [2.75, 3.05) is 11.9 Å². The highest BCUT2D eigenvalue weighted by atomic mass is 19.2. The first-order chi connectivity index (χ1) is 8.82. The van der Waals surface area contributed by atoms with Gasteiger partial charge in [0, 0.05) is 6.61 Å². The Hall–Kier alpha value is -1.56. The molecule has 0 aliphatic carbocycles. The Balaban J connectivity index is 2.69. The Morgan fingerprint density at radius 2 is 1.84 bits per heavy atom. The lowest BCUT2D eigenvalue weighted by Crippen LogP contribution is -2.29. The molecule has 6 heteroatoms. The number of carbonyl (C=O) groups excluding carboxylic acids is 1. The molecule has 0 aliphatic rings. The molecule has 0 saturated carbocycles. The van der Waals surface area contributed by atoms with Crippen molar-refractivity contribution in [3.8, 4) is 0 Å². The van der Waals surface area contributed by atoms with Gasteiger partial charge in [0.25, 0.3) is 5.91 Å². The van der Waals surface area contributed by atoms with E-state index < -0.39 is 35.2 Å². The third-order valence-electron chi connectivity index (χ3n) is 2.34. The summed E-state index contributed by atoms with van der Waals surface area (Å²) in [7, 11) is 0. The van der Waals surface area contributed by atoms with Gasteiger partial charge in [-0.25, -0.2) is 13.2 Å². The standard InChI is InChI=1S/C13H16F3NO2/c1-7(2)6-19-8(3)13(18)17-10-5-4-9(14)11(15)12(10)16/h4-5,7-8H,6H2,1-3H3,(H,17,18)/t8-/m0/s1. The molecule has 1 aromatic rings. The summed E-state index contributed by atoms with van der Waals surface area (Å²) in [5.74, 6) is -4.72. The van der Waals surface area contributed by atoms with Crippen LogP contribution in [-0.2, 0) is 9.53 Å². The zero-order chi connectivity index (χ0) is 14.6. The van der Waals surface area contributed by atoms with Crippen LogP contribution >= 0.6 is 0 Å². The first kappa shape index (κ1) is 15.5. The van der Waals surface area contributed by atoms with E-state index in [-0.39, 0.29) is 5.92 Å². The molecule has 0 saturated heterocycles. The quantitative estimate of drug-likeness (QED) is 0.838. The molecule has 0 bridgehead atoms. The maximum atomic E-state index is 13.3. The lowest BCUT2D eigenvalue weighted by molar-refractivity contribution is -0.126. The molecule has 1 atom stereocenters. The lowest BCUT2D eigenvalue weighted by Gasteiger charge is -2.15. The van der Waals surface area contributed by atoms with E-state index >= 15 is 0 Å². The molecular weight excluding hydrogens is 259 g/mol. The van der Waals surface area contributed by atoms with E-state index in [1.54, 1.807) is 0 Å². The minimum absolute atomic E-state index is 0.246. The van der Waals surface area contributed by atoms with Crippen LogP contribution in [-0.4, -0.2) is 18.6 Å². The average molecular weight is 275 g/mol. The molecule has 0 radical (unpaired) electrons. The number of hydrogen-bond donors (Lipinski definition) is 1. The molecule has 19 heavy (non-hydrogen) atoms. The zero-order valence-corrected chi connectivity index (χ0v) is 11.0. The molecule has 3 nitrogen and oxygen atoms in total. The monoisotopic (exact) mass is 275 g/mol. The van der Waals surface area contributed by atoms with E-state index in [9.17, 15) is 18.0 Å². The molecule has 0 aromatic heterocycles. The van der Waals surface area contributed by atoms with Gasteiger partial charge in [-0.2, -0.15) is 0 Å². The number of amides is 1. The predicted molar refractivity (Wildman–Crippen MR) is 65.2 cm³/mol. The minimum atomic E-state index is -1.62. The maximum Gasteiger partial charge on any atom is 0.253 e. The zero-order valence-electron chi connectivity index (χ0n) is 11.0. The van der Waals surface area contributed by atoms with Crippen molar-refractivity contribution in [1.82, 2.24) is 0 Å². The van der Waals surface area contributed by atoms with Gasteiger partial charge in [-0.1, -0.05) is 13.8 Å². The number of rotatable bonds is 5. The summed E-state index contributed by atoms with van der Waals surface area (Å²) in [6, 6.07) is 1.70. The van der Waals surface area contributed by atoms with Crippen LogP contribution in [0.3, 0.4) is 0 Å². The maximum absolute atomic E-state index is 13.3. The topological polar surface area (TPSA) is 38.3 Å². The van der Waals surface area contributed by atoms with Crippen LogP contribution in [0, 0.1) is 23.4 Å². The SMILES string of the molecule is CC(C)CO[C@@H](C)C(=O)Nc1ccc(F)c(F)c1F. The number of benzene rings is 1. The molecule has 1 amide bonds. The fourth-order valence-electron chi connectivity index (χ4n) is 1.27. The number of halogens is 3. The van der Waals surface area contributed by atoms with Crippen LogP contribution < -0.4 is 5.32 Å². The van der Waals surface area contributed by atoms with Gasteiger partial charge in [0.15, 0.2) is 17.5 Å². The Kier molecular flexibility index (Phi) is 5.35. The van der Waals surface area contributed by atoms with Crippen LogP contribution in [0.5, 0.6) is 0 Å². The molecule has 1 N–H and O–H groups in total. The van der Waals surface area contributed by atoms with Gasteiger partial charge in [0.2, 0.25) is 0 Å². The third-order valence-corrected chi connectivity index (χ3v) is 2.34. The van der Waals surface area contributed by atoms with Gasteiger partial charge in [-0.05, 0) is 25.0 Å². The molecule has 106 valence electrons. The summed E-state index contributed by atoms with van der Waals surface area (Å²) < 4.78 is 44.2. The molecule has 1 rings (SSSR count). The largest absolute Gasteiger partial charge is 0.368 e. The van der Waals surface area contributed by atoms with Crippen molar-refractivity contribution >= 4 is 11.6 Å². The van der Waals surface area contributed by atoms with E-state index in [1.807, 2.05) is 13.8 Å². The lowest BCUT2D eigenvalue weighted by atomic mass is 10.2. The molecule has 0 unspecified atom stereocenters. The first-order valence-corrected chi connectivity index (χ1v) is 5.89. The smallest absolute Gasteiger partial charge is 0.253 e. The summed E-state index contributed by atoms with van der Waals surface area (Å²) in [4.78, 5) is 11.7. The minimum Gasteiger partial charge on any atom is -0.368 e. The average Bonchev–Trinajstić information content (AvgIpc) is 2.36. The van der Waals surface area contributed by atoms with Crippen molar-refractivity contribution in [1.29, 1.82) is 0 Å². The molecule has 0 fully saturated rings. The summed E-state index contributed by atoms with van der Waals surface area (Å²) in [6.07, 6.45) is -0.810. The number of anilines is 1. The number of nitrogens with one attached hydrogen (secondary N) is 1. The first-order valence-electron chi connectivity index (χ1n) is 5.89. The van der Waals surface area contributed by atoms with E-state index in [4.69, 9.17) is 4.74 Å². The van der Waals surface area contributed by atoms with Crippen molar-refractivity contribution in [2.45, 2.75) is 26.9 Å². The van der Waals surface area contributed by atoms with Crippen molar-refractivity contribution in [2.24, 2.45) is 5.92 Å². The van der Waals surface area contributed by atoms with E-state index in [0.29, 0.717) is 6.61 Å². The van der Waals surface area contributed by atoms with Gasteiger partial charge in [0.1, 0.15) is 6.10 Å². The van der Waals surface area contributed by atoms with Gasteiger partial charge >= 0.3 is 0 Å². The molecular formula is C13H16F3NO2. The molecule has 0 heterocycles. The van der Waals surface area contributed by atoms with E-state index in [1.165, 1.54) is 6.92 Å². The van der Waals surface area contributed by atoms with Crippen molar-refractivity contribution < 1.29 is 22.7 Å². The Bertz CT molecular complexity index is 463. The molecule has 1 aromatic carbocycles. The second-order valence-electron chi connectivity index (χ2n) is 4.58.